The molecule has 124 valence electrons. The summed E-state index contributed by atoms with van der Waals surface area (Å²) >= 11 is 0. The van der Waals surface area contributed by atoms with Crippen molar-refractivity contribution in [3.05, 3.63) is 48.0 Å². The molecule has 0 aliphatic carbocycles. The number of benzene rings is 2. The van der Waals surface area contributed by atoms with Gasteiger partial charge < -0.3 is 5.32 Å². The van der Waals surface area contributed by atoms with Gasteiger partial charge in [0.25, 0.3) is 0 Å². The Kier molecular flexibility index (Phi) is 7.12. The van der Waals surface area contributed by atoms with Crippen molar-refractivity contribution in [2.75, 3.05) is 6.54 Å². The fraction of sp³-hybridized carbons (Fsp3) is 0.476. The zero-order valence-corrected chi connectivity index (χ0v) is 14.5. The summed E-state index contributed by atoms with van der Waals surface area (Å²) in [5, 5.41) is 5.63. The lowest BCUT2D eigenvalue weighted by molar-refractivity contribution is -0.121. The van der Waals surface area contributed by atoms with Gasteiger partial charge in [0.15, 0.2) is 0 Å². The molecule has 0 aliphatic rings. The molecule has 1 N–H and O–H groups in total. The zero-order chi connectivity index (χ0) is 16.5. The summed E-state index contributed by atoms with van der Waals surface area (Å²) < 4.78 is 0. The van der Waals surface area contributed by atoms with Crippen molar-refractivity contribution in [2.24, 2.45) is 5.92 Å². The van der Waals surface area contributed by atoms with E-state index in [1.807, 2.05) is 0 Å². The maximum Gasteiger partial charge on any atom is 0.220 e. The van der Waals surface area contributed by atoms with Crippen LogP contribution in [0, 0.1) is 5.92 Å². The van der Waals surface area contributed by atoms with Crippen LogP contribution >= 0.6 is 0 Å². The van der Waals surface area contributed by atoms with Crippen molar-refractivity contribution < 1.29 is 4.79 Å². The summed E-state index contributed by atoms with van der Waals surface area (Å²) in [7, 11) is 0. The number of carbonyl (C=O) groups excluding carboxylic acids is 1. The minimum Gasteiger partial charge on any atom is -0.356 e. The first kappa shape index (κ1) is 17.5. The van der Waals surface area contributed by atoms with Gasteiger partial charge in [0.05, 0.1) is 0 Å². The highest BCUT2D eigenvalue weighted by Gasteiger charge is 2.09. The van der Waals surface area contributed by atoms with Crippen LogP contribution in [-0.4, -0.2) is 12.5 Å². The van der Waals surface area contributed by atoms with Gasteiger partial charge in [-0.2, -0.15) is 0 Å². The molecule has 1 amide bonds. The molecule has 2 rings (SSSR count). The first-order valence-electron chi connectivity index (χ1n) is 8.98. The van der Waals surface area contributed by atoms with Crippen LogP contribution in [0.4, 0.5) is 0 Å². The molecule has 2 aromatic carbocycles. The Morgan fingerprint density at radius 1 is 1.09 bits per heavy atom. The van der Waals surface area contributed by atoms with Gasteiger partial charge in [-0.3, -0.25) is 4.79 Å². The van der Waals surface area contributed by atoms with E-state index >= 15 is 0 Å². The number of hydrogen-bond donors (Lipinski definition) is 1. The average Bonchev–Trinajstić information content (AvgIpc) is 2.60. The van der Waals surface area contributed by atoms with Crippen LogP contribution in [-0.2, 0) is 11.2 Å². The Hall–Kier alpha value is -1.83. The largest absolute Gasteiger partial charge is 0.356 e. The van der Waals surface area contributed by atoms with Crippen LogP contribution in [0.15, 0.2) is 42.5 Å². The standard InChI is InChI=1S/C21H29NO/c1-3-5-9-17(4-2)16-22-21(23)15-14-19-12-8-11-18-10-6-7-13-20(18)19/h6-8,10-13,17H,3-5,9,14-16H2,1-2H3,(H,22,23)/t17-/m1/s1. The summed E-state index contributed by atoms with van der Waals surface area (Å²) in [6, 6.07) is 14.7. The first-order chi connectivity index (χ1) is 11.2. The lowest BCUT2D eigenvalue weighted by Crippen LogP contribution is -2.29. The number of amides is 1. The Bertz CT molecular complexity index is 615. The Morgan fingerprint density at radius 3 is 2.65 bits per heavy atom. The SMILES string of the molecule is CCCC[C@@H](CC)CNC(=O)CCc1cccc2ccccc12. The van der Waals surface area contributed by atoms with E-state index in [4.69, 9.17) is 0 Å². The van der Waals surface area contributed by atoms with Gasteiger partial charge in [-0.1, -0.05) is 75.6 Å². The van der Waals surface area contributed by atoms with Gasteiger partial charge in [-0.05, 0) is 35.1 Å². The van der Waals surface area contributed by atoms with Crippen molar-refractivity contribution in [2.45, 2.75) is 52.4 Å². The minimum absolute atomic E-state index is 0.174. The molecule has 0 bridgehead atoms. The summed E-state index contributed by atoms with van der Waals surface area (Å²) in [4.78, 5) is 12.1. The molecule has 0 unspecified atom stereocenters. The van der Waals surface area contributed by atoms with E-state index in [1.54, 1.807) is 0 Å². The Balaban J connectivity index is 1.84. The molecule has 2 nitrogen and oxygen atoms in total. The fourth-order valence-electron chi connectivity index (χ4n) is 3.05. The lowest BCUT2D eigenvalue weighted by atomic mass is 9.99. The second-order valence-corrected chi connectivity index (χ2v) is 6.36. The second-order valence-electron chi connectivity index (χ2n) is 6.36. The molecule has 2 aromatic rings. The predicted octanol–water partition coefficient (Wildman–Crippen LogP) is 5.11. The summed E-state index contributed by atoms with van der Waals surface area (Å²) in [5.74, 6) is 0.796. The van der Waals surface area contributed by atoms with E-state index in [2.05, 4.69) is 61.6 Å². The van der Waals surface area contributed by atoms with Crippen LogP contribution in [0.2, 0.25) is 0 Å². The Labute approximate surface area is 140 Å². The summed E-state index contributed by atoms with van der Waals surface area (Å²) in [5.41, 5.74) is 1.26. The molecule has 0 saturated carbocycles. The van der Waals surface area contributed by atoms with E-state index < -0.39 is 0 Å². The Morgan fingerprint density at radius 2 is 1.87 bits per heavy atom. The number of unbranched alkanes of at least 4 members (excludes halogenated alkanes) is 1. The van der Waals surface area contributed by atoms with Crippen molar-refractivity contribution in [3.8, 4) is 0 Å². The molecular formula is C21H29NO. The highest BCUT2D eigenvalue weighted by atomic mass is 16.1. The maximum absolute atomic E-state index is 12.1. The topological polar surface area (TPSA) is 29.1 Å². The van der Waals surface area contributed by atoms with E-state index in [9.17, 15) is 4.79 Å². The van der Waals surface area contributed by atoms with Gasteiger partial charge in [0.1, 0.15) is 0 Å². The van der Waals surface area contributed by atoms with Gasteiger partial charge in [0.2, 0.25) is 5.91 Å². The van der Waals surface area contributed by atoms with Crippen LogP contribution in [0.5, 0.6) is 0 Å². The molecule has 23 heavy (non-hydrogen) atoms. The molecule has 0 saturated heterocycles. The van der Waals surface area contributed by atoms with Gasteiger partial charge in [-0.15, -0.1) is 0 Å². The third-order valence-corrected chi connectivity index (χ3v) is 4.63. The van der Waals surface area contributed by atoms with Gasteiger partial charge in [0, 0.05) is 13.0 Å². The molecule has 0 aromatic heterocycles. The molecule has 1 atom stereocenters. The number of aryl methyl sites for hydroxylation is 1. The molecule has 0 fully saturated rings. The molecular weight excluding hydrogens is 282 g/mol. The molecule has 0 radical (unpaired) electrons. The van der Waals surface area contributed by atoms with Gasteiger partial charge in [-0.25, -0.2) is 0 Å². The van der Waals surface area contributed by atoms with Crippen molar-refractivity contribution in [3.63, 3.8) is 0 Å². The van der Waals surface area contributed by atoms with E-state index in [0.717, 1.165) is 19.4 Å². The normalized spacial score (nSPS) is 12.3. The maximum atomic E-state index is 12.1. The highest BCUT2D eigenvalue weighted by molar-refractivity contribution is 5.86. The molecule has 0 spiro atoms. The van der Waals surface area contributed by atoms with Crippen LogP contribution in [0.25, 0.3) is 10.8 Å². The van der Waals surface area contributed by atoms with Gasteiger partial charge >= 0.3 is 0 Å². The predicted molar refractivity (Wildman–Crippen MR) is 98.6 cm³/mol. The molecule has 0 aliphatic heterocycles. The van der Waals surface area contributed by atoms with E-state index in [0.29, 0.717) is 12.3 Å². The van der Waals surface area contributed by atoms with E-state index in [1.165, 1.54) is 35.6 Å². The number of fused-ring (bicyclic) bond motifs is 1. The van der Waals surface area contributed by atoms with Crippen LogP contribution < -0.4 is 5.32 Å². The minimum atomic E-state index is 0.174. The van der Waals surface area contributed by atoms with Crippen LogP contribution in [0.1, 0.15) is 51.5 Å². The average molecular weight is 311 g/mol. The number of nitrogens with one attached hydrogen (secondary N) is 1. The lowest BCUT2D eigenvalue weighted by Gasteiger charge is -2.15. The summed E-state index contributed by atoms with van der Waals surface area (Å²) in [6.07, 6.45) is 6.22. The first-order valence-corrected chi connectivity index (χ1v) is 8.98. The third-order valence-electron chi connectivity index (χ3n) is 4.63. The smallest absolute Gasteiger partial charge is 0.220 e. The monoisotopic (exact) mass is 311 g/mol. The second kappa shape index (κ2) is 9.34. The van der Waals surface area contributed by atoms with Crippen molar-refractivity contribution in [1.29, 1.82) is 0 Å². The highest BCUT2D eigenvalue weighted by Crippen LogP contribution is 2.19. The number of rotatable bonds is 9. The number of carbonyl (C=O) groups is 1. The molecule has 0 heterocycles. The molecule has 2 heteroatoms. The zero-order valence-electron chi connectivity index (χ0n) is 14.5. The number of hydrogen-bond acceptors (Lipinski definition) is 1. The van der Waals surface area contributed by atoms with Crippen molar-refractivity contribution in [1.82, 2.24) is 5.32 Å². The summed E-state index contributed by atoms with van der Waals surface area (Å²) in [6.45, 7) is 5.25. The quantitative estimate of drug-likeness (QED) is 0.685. The van der Waals surface area contributed by atoms with Crippen molar-refractivity contribution >= 4 is 16.7 Å². The van der Waals surface area contributed by atoms with E-state index in [-0.39, 0.29) is 5.91 Å². The van der Waals surface area contributed by atoms with Crippen LogP contribution in [0.3, 0.4) is 0 Å². The third kappa shape index (κ3) is 5.38. The fourth-order valence-corrected chi connectivity index (χ4v) is 3.05.